The van der Waals surface area contributed by atoms with Crippen LogP contribution in [0.25, 0.3) is 0 Å². The Morgan fingerprint density at radius 1 is 1.29 bits per heavy atom. The lowest BCUT2D eigenvalue weighted by Gasteiger charge is -2.37. The number of hydrogen-bond acceptors (Lipinski definition) is 3. The SMILES string of the molecule is C[C@H](Cn1cncn1)C(=O)N1CCCC[C@H]1CCc1ccccc1. The predicted molar refractivity (Wildman–Crippen MR) is 93.3 cm³/mol. The molecule has 5 heteroatoms. The van der Waals surface area contributed by atoms with Crippen molar-refractivity contribution in [3.8, 4) is 0 Å². The summed E-state index contributed by atoms with van der Waals surface area (Å²) in [6.07, 6.45) is 8.73. The molecule has 3 rings (SSSR count). The lowest BCUT2D eigenvalue weighted by molar-refractivity contribution is -0.139. The normalized spacial score (nSPS) is 19.2. The van der Waals surface area contributed by atoms with E-state index in [4.69, 9.17) is 0 Å². The molecule has 1 saturated heterocycles. The lowest BCUT2D eigenvalue weighted by atomic mass is 9.94. The van der Waals surface area contributed by atoms with Gasteiger partial charge in [0, 0.05) is 12.6 Å². The summed E-state index contributed by atoms with van der Waals surface area (Å²) in [6.45, 7) is 3.48. The number of amides is 1. The summed E-state index contributed by atoms with van der Waals surface area (Å²) in [5, 5.41) is 4.11. The number of aryl methyl sites for hydroxylation is 1. The monoisotopic (exact) mass is 326 g/mol. The zero-order chi connectivity index (χ0) is 16.8. The molecular weight excluding hydrogens is 300 g/mol. The highest BCUT2D eigenvalue weighted by Gasteiger charge is 2.29. The summed E-state index contributed by atoms with van der Waals surface area (Å²) in [5.74, 6) is 0.187. The number of hydrogen-bond donors (Lipinski definition) is 0. The third-order valence-electron chi connectivity index (χ3n) is 4.87. The zero-order valence-electron chi connectivity index (χ0n) is 14.3. The van der Waals surface area contributed by atoms with E-state index in [1.54, 1.807) is 11.0 Å². The predicted octanol–water partition coefficient (Wildman–Crippen LogP) is 2.93. The smallest absolute Gasteiger partial charge is 0.227 e. The molecule has 0 aliphatic carbocycles. The van der Waals surface area contributed by atoms with Gasteiger partial charge in [-0.15, -0.1) is 0 Å². The first-order valence-electron chi connectivity index (χ1n) is 8.91. The van der Waals surface area contributed by atoms with Gasteiger partial charge in [-0.2, -0.15) is 5.10 Å². The first kappa shape index (κ1) is 16.7. The van der Waals surface area contributed by atoms with Gasteiger partial charge in [-0.1, -0.05) is 37.3 Å². The first-order valence-corrected chi connectivity index (χ1v) is 8.91. The molecule has 0 bridgehead atoms. The van der Waals surface area contributed by atoms with Crippen LogP contribution in [0.2, 0.25) is 0 Å². The van der Waals surface area contributed by atoms with Crippen molar-refractivity contribution < 1.29 is 4.79 Å². The molecular formula is C19H26N4O. The molecule has 2 heterocycles. The van der Waals surface area contributed by atoms with Crippen LogP contribution in [0.4, 0.5) is 0 Å². The minimum absolute atomic E-state index is 0.0657. The van der Waals surface area contributed by atoms with E-state index in [9.17, 15) is 4.79 Å². The maximum absolute atomic E-state index is 12.9. The molecule has 1 aliphatic heterocycles. The van der Waals surface area contributed by atoms with E-state index in [2.05, 4.69) is 39.2 Å². The minimum Gasteiger partial charge on any atom is -0.339 e. The molecule has 0 saturated carbocycles. The quantitative estimate of drug-likeness (QED) is 0.820. The van der Waals surface area contributed by atoms with Crippen molar-refractivity contribution in [2.75, 3.05) is 6.54 Å². The minimum atomic E-state index is -0.0657. The van der Waals surface area contributed by atoms with Crippen molar-refractivity contribution in [3.63, 3.8) is 0 Å². The van der Waals surface area contributed by atoms with Crippen LogP contribution in [0.5, 0.6) is 0 Å². The molecule has 1 aromatic heterocycles. The number of likely N-dealkylation sites (tertiary alicyclic amines) is 1. The molecule has 0 unspecified atom stereocenters. The number of benzene rings is 1. The van der Waals surface area contributed by atoms with Crippen molar-refractivity contribution in [2.24, 2.45) is 5.92 Å². The second-order valence-corrected chi connectivity index (χ2v) is 6.72. The summed E-state index contributed by atoms with van der Waals surface area (Å²) < 4.78 is 1.74. The summed E-state index contributed by atoms with van der Waals surface area (Å²) in [4.78, 5) is 19.0. The van der Waals surface area contributed by atoms with Gasteiger partial charge in [0.15, 0.2) is 0 Å². The van der Waals surface area contributed by atoms with E-state index in [1.165, 1.54) is 18.3 Å². The second kappa shape index (κ2) is 8.08. The van der Waals surface area contributed by atoms with Gasteiger partial charge in [0.05, 0.1) is 12.5 Å². The maximum atomic E-state index is 12.9. The number of carbonyl (C=O) groups is 1. The topological polar surface area (TPSA) is 51.0 Å². The van der Waals surface area contributed by atoms with E-state index >= 15 is 0 Å². The van der Waals surface area contributed by atoms with Crippen molar-refractivity contribution >= 4 is 5.91 Å². The van der Waals surface area contributed by atoms with E-state index in [1.807, 2.05) is 13.0 Å². The largest absolute Gasteiger partial charge is 0.339 e. The number of carbonyl (C=O) groups excluding carboxylic acids is 1. The average molecular weight is 326 g/mol. The summed E-state index contributed by atoms with van der Waals surface area (Å²) in [7, 11) is 0. The average Bonchev–Trinajstić information content (AvgIpc) is 3.13. The van der Waals surface area contributed by atoms with Crippen LogP contribution >= 0.6 is 0 Å². The number of rotatable bonds is 6. The Hall–Kier alpha value is -2.17. The zero-order valence-corrected chi connectivity index (χ0v) is 14.3. The maximum Gasteiger partial charge on any atom is 0.227 e. The van der Waals surface area contributed by atoms with Gasteiger partial charge in [-0.25, -0.2) is 4.98 Å². The Balaban J connectivity index is 1.59. The van der Waals surface area contributed by atoms with Crippen LogP contribution in [0.1, 0.15) is 38.2 Å². The summed E-state index contributed by atoms with van der Waals surface area (Å²) >= 11 is 0. The van der Waals surface area contributed by atoms with Gasteiger partial charge < -0.3 is 4.90 Å². The second-order valence-electron chi connectivity index (χ2n) is 6.72. The molecule has 1 aromatic carbocycles. The molecule has 1 aliphatic rings. The Morgan fingerprint density at radius 3 is 2.88 bits per heavy atom. The highest BCUT2D eigenvalue weighted by Crippen LogP contribution is 2.23. The van der Waals surface area contributed by atoms with E-state index in [-0.39, 0.29) is 11.8 Å². The Labute approximate surface area is 143 Å². The van der Waals surface area contributed by atoms with Crippen LogP contribution in [0, 0.1) is 5.92 Å². The molecule has 24 heavy (non-hydrogen) atoms. The van der Waals surface area contributed by atoms with Crippen molar-refractivity contribution in [1.82, 2.24) is 19.7 Å². The lowest BCUT2D eigenvalue weighted by Crippen LogP contribution is -2.46. The number of aromatic nitrogens is 3. The van der Waals surface area contributed by atoms with Gasteiger partial charge in [0.25, 0.3) is 0 Å². The molecule has 1 fully saturated rings. The molecule has 2 atom stereocenters. The van der Waals surface area contributed by atoms with Gasteiger partial charge >= 0.3 is 0 Å². The molecule has 2 aromatic rings. The fourth-order valence-corrected chi connectivity index (χ4v) is 3.54. The molecule has 128 valence electrons. The van der Waals surface area contributed by atoms with Crippen LogP contribution in [0.3, 0.4) is 0 Å². The number of nitrogens with zero attached hydrogens (tertiary/aromatic N) is 4. The highest BCUT2D eigenvalue weighted by molar-refractivity contribution is 5.78. The Kier molecular flexibility index (Phi) is 5.62. The van der Waals surface area contributed by atoms with Crippen molar-refractivity contribution in [1.29, 1.82) is 0 Å². The van der Waals surface area contributed by atoms with Crippen molar-refractivity contribution in [3.05, 3.63) is 48.5 Å². The molecule has 1 amide bonds. The van der Waals surface area contributed by atoms with Gasteiger partial charge in [-0.05, 0) is 37.7 Å². The fraction of sp³-hybridized carbons (Fsp3) is 0.526. The van der Waals surface area contributed by atoms with Crippen LogP contribution < -0.4 is 0 Å². The van der Waals surface area contributed by atoms with Gasteiger partial charge in [0.2, 0.25) is 5.91 Å². The first-order chi connectivity index (χ1) is 11.7. The third-order valence-corrected chi connectivity index (χ3v) is 4.87. The highest BCUT2D eigenvalue weighted by atomic mass is 16.2. The number of piperidine rings is 1. The third kappa shape index (κ3) is 4.22. The van der Waals surface area contributed by atoms with Crippen molar-refractivity contribution in [2.45, 2.75) is 51.6 Å². The summed E-state index contributed by atoms with van der Waals surface area (Å²) in [6, 6.07) is 10.9. The van der Waals surface area contributed by atoms with Crippen LogP contribution in [0.15, 0.2) is 43.0 Å². The van der Waals surface area contributed by atoms with E-state index in [0.29, 0.717) is 12.6 Å². The molecule has 5 nitrogen and oxygen atoms in total. The standard InChI is InChI=1S/C19H26N4O/c1-16(13-22-15-20-14-21-22)19(24)23-12-6-5-9-18(23)11-10-17-7-3-2-4-8-17/h2-4,7-8,14-16,18H,5-6,9-13H2,1H3/t16-,18+/m1/s1. The molecule has 0 radical (unpaired) electrons. The fourth-order valence-electron chi connectivity index (χ4n) is 3.54. The Morgan fingerprint density at radius 2 is 2.12 bits per heavy atom. The van der Waals surface area contributed by atoms with Gasteiger partial charge in [-0.3, -0.25) is 9.48 Å². The van der Waals surface area contributed by atoms with Crippen LogP contribution in [-0.2, 0) is 17.8 Å². The van der Waals surface area contributed by atoms with Crippen LogP contribution in [-0.4, -0.2) is 38.2 Å². The summed E-state index contributed by atoms with van der Waals surface area (Å²) in [5.41, 5.74) is 1.35. The Bertz CT molecular complexity index is 626. The van der Waals surface area contributed by atoms with E-state index < -0.39 is 0 Å². The van der Waals surface area contributed by atoms with Gasteiger partial charge in [0.1, 0.15) is 12.7 Å². The van der Waals surface area contributed by atoms with E-state index in [0.717, 1.165) is 32.2 Å². The molecule has 0 spiro atoms. The molecule has 0 N–H and O–H groups in total.